The quantitative estimate of drug-likeness (QED) is 0.422. The number of carbonyl (C=O) groups excluding carboxylic acids is 1. The fourth-order valence-corrected chi connectivity index (χ4v) is 6.77. The van der Waals surface area contributed by atoms with Gasteiger partial charge in [0.15, 0.2) is 21.5 Å². The van der Waals surface area contributed by atoms with Gasteiger partial charge in [0.05, 0.1) is 36.9 Å². The Balaban J connectivity index is 1.32. The van der Waals surface area contributed by atoms with E-state index in [0.717, 1.165) is 38.0 Å². The zero-order chi connectivity index (χ0) is 27.3. The van der Waals surface area contributed by atoms with Crippen molar-refractivity contribution in [3.63, 3.8) is 0 Å². The highest BCUT2D eigenvalue weighted by Crippen LogP contribution is 2.29. The highest BCUT2D eigenvalue weighted by atomic mass is 32.2. The van der Waals surface area contributed by atoms with Gasteiger partial charge in [-0.1, -0.05) is 0 Å². The fraction of sp³-hybridized carbons (Fsp3) is 0.560. The van der Waals surface area contributed by atoms with Gasteiger partial charge in [-0.25, -0.2) is 22.2 Å². The third-order valence-electron chi connectivity index (χ3n) is 7.09. The van der Waals surface area contributed by atoms with Crippen LogP contribution in [0, 0.1) is 11.6 Å². The van der Waals surface area contributed by atoms with Crippen LogP contribution in [0.5, 0.6) is 5.75 Å². The van der Waals surface area contributed by atoms with Gasteiger partial charge in [-0.2, -0.15) is 4.98 Å². The minimum Gasteiger partial charge on any atom is -0.496 e. The van der Waals surface area contributed by atoms with Crippen molar-refractivity contribution in [2.45, 2.75) is 43.4 Å². The van der Waals surface area contributed by atoms with E-state index in [0.29, 0.717) is 45.3 Å². The molecular formula is C25H33F2N5O5S. The van der Waals surface area contributed by atoms with Gasteiger partial charge in [0.2, 0.25) is 11.7 Å². The molecule has 2 aliphatic rings. The van der Waals surface area contributed by atoms with Crippen molar-refractivity contribution < 1.29 is 31.5 Å². The van der Waals surface area contributed by atoms with Gasteiger partial charge >= 0.3 is 0 Å². The van der Waals surface area contributed by atoms with Crippen molar-refractivity contribution in [1.82, 2.24) is 14.9 Å². The number of ketones is 1. The van der Waals surface area contributed by atoms with E-state index in [1.165, 1.54) is 7.11 Å². The molecule has 1 aromatic heterocycles. The average Bonchev–Trinajstić information content (AvgIpc) is 2.91. The number of sulfone groups is 1. The number of hydrogen-bond donors (Lipinski definition) is 2. The summed E-state index contributed by atoms with van der Waals surface area (Å²) in [5, 5.41) is 2.78. The van der Waals surface area contributed by atoms with Gasteiger partial charge in [-0.15, -0.1) is 0 Å². The van der Waals surface area contributed by atoms with Crippen LogP contribution in [-0.2, 0) is 14.6 Å². The number of nitrogens with one attached hydrogen (secondary N) is 1. The highest BCUT2D eigenvalue weighted by molar-refractivity contribution is 7.92. The molecule has 3 N–H and O–H groups in total. The van der Waals surface area contributed by atoms with E-state index >= 15 is 0 Å². The molecule has 1 aliphatic heterocycles. The Morgan fingerprint density at radius 1 is 1.21 bits per heavy atom. The number of nitrogen functional groups attached to an aromatic ring is 1. The molecule has 1 saturated heterocycles. The molecular weight excluding hydrogens is 520 g/mol. The van der Waals surface area contributed by atoms with Crippen LogP contribution in [0.2, 0.25) is 0 Å². The van der Waals surface area contributed by atoms with E-state index in [2.05, 4.69) is 20.2 Å². The zero-order valence-electron chi connectivity index (χ0n) is 21.3. The third-order valence-corrected chi connectivity index (χ3v) is 9.43. The number of morpholine rings is 1. The van der Waals surface area contributed by atoms with E-state index in [1.54, 1.807) is 0 Å². The van der Waals surface area contributed by atoms with Crippen molar-refractivity contribution in [2.75, 3.05) is 56.8 Å². The van der Waals surface area contributed by atoms with Crippen molar-refractivity contribution in [3.8, 4) is 5.75 Å². The molecule has 0 bridgehead atoms. The molecule has 1 aliphatic carbocycles. The summed E-state index contributed by atoms with van der Waals surface area (Å²) in [6.45, 7) is 3.83. The second-order valence-corrected chi connectivity index (χ2v) is 12.0. The number of halogens is 2. The second kappa shape index (κ2) is 12.3. The number of carbonyl (C=O) groups is 1. The molecule has 10 nitrogen and oxygen atoms in total. The van der Waals surface area contributed by atoms with Gasteiger partial charge in [0.25, 0.3) is 0 Å². The Kier molecular flexibility index (Phi) is 9.11. The van der Waals surface area contributed by atoms with Gasteiger partial charge in [-0.3, -0.25) is 9.69 Å². The Morgan fingerprint density at radius 2 is 1.92 bits per heavy atom. The largest absolute Gasteiger partial charge is 0.496 e. The number of nitrogens with two attached hydrogens (primary N) is 1. The molecule has 0 amide bonds. The first-order valence-electron chi connectivity index (χ1n) is 12.7. The number of anilines is 2. The van der Waals surface area contributed by atoms with Crippen LogP contribution in [0.25, 0.3) is 0 Å². The van der Waals surface area contributed by atoms with E-state index in [1.807, 2.05) is 0 Å². The van der Waals surface area contributed by atoms with Gasteiger partial charge in [0, 0.05) is 25.3 Å². The summed E-state index contributed by atoms with van der Waals surface area (Å²) in [6, 6.07) is 1.96. The maximum atomic E-state index is 14.4. The molecule has 0 atom stereocenters. The standard InChI is InChI=1S/C25H33F2N5O5S/c1-36-20-8-7-19(26)22(27)21(20)23(33)18-15-29-25(31-24(18)28)30-16-3-5-17(6-4-16)38(34,35)14-2-9-32-10-12-37-13-11-32/h7-8,15-17H,2-6,9-14H2,1H3,(H3,28,29,30,31). The van der Waals surface area contributed by atoms with E-state index in [9.17, 15) is 22.0 Å². The number of aromatic nitrogens is 2. The Bertz CT molecular complexity index is 1250. The first-order chi connectivity index (χ1) is 18.2. The van der Waals surface area contributed by atoms with Crippen LogP contribution in [0.15, 0.2) is 18.3 Å². The maximum Gasteiger partial charge on any atom is 0.224 e. The molecule has 0 unspecified atom stereocenters. The lowest BCUT2D eigenvalue weighted by Gasteiger charge is -2.29. The lowest BCUT2D eigenvalue weighted by atomic mass is 9.95. The fourth-order valence-electron chi connectivity index (χ4n) is 4.92. The normalized spacial score (nSPS) is 20.7. The van der Waals surface area contributed by atoms with E-state index in [-0.39, 0.29) is 40.1 Å². The first-order valence-corrected chi connectivity index (χ1v) is 14.4. The molecule has 13 heteroatoms. The summed E-state index contributed by atoms with van der Waals surface area (Å²) >= 11 is 0. The lowest BCUT2D eigenvalue weighted by molar-refractivity contribution is 0.0381. The third kappa shape index (κ3) is 6.56. The topological polar surface area (TPSA) is 137 Å². The minimum atomic E-state index is -3.18. The van der Waals surface area contributed by atoms with Crippen LogP contribution < -0.4 is 15.8 Å². The van der Waals surface area contributed by atoms with Crippen LogP contribution >= 0.6 is 0 Å². The predicted molar refractivity (Wildman–Crippen MR) is 138 cm³/mol. The van der Waals surface area contributed by atoms with Crippen molar-refractivity contribution >= 4 is 27.4 Å². The smallest absolute Gasteiger partial charge is 0.224 e. The number of nitrogens with zero attached hydrogens (tertiary/aromatic N) is 3. The van der Waals surface area contributed by atoms with Gasteiger partial charge < -0.3 is 20.5 Å². The number of ether oxygens (including phenoxy) is 2. The van der Waals surface area contributed by atoms with Crippen LogP contribution in [0.1, 0.15) is 48.0 Å². The van der Waals surface area contributed by atoms with Gasteiger partial charge in [-0.05, 0) is 50.8 Å². The Labute approximate surface area is 220 Å². The molecule has 1 aromatic carbocycles. The van der Waals surface area contributed by atoms with E-state index in [4.69, 9.17) is 15.2 Å². The molecule has 0 radical (unpaired) electrons. The minimum absolute atomic E-state index is 0.0588. The average molecular weight is 554 g/mol. The summed E-state index contributed by atoms with van der Waals surface area (Å²) < 4.78 is 64.1. The number of methoxy groups -OCH3 is 1. The molecule has 2 aromatic rings. The van der Waals surface area contributed by atoms with Crippen molar-refractivity contribution in [2.24, 2.45) is 0 Å². The van der Waals surface area contributed by atoms with Crippen LogP contribution in [0.3, 0.4) is 0 Å². The highest BCUT2D eigenvalue weighted by Gasteiger charge is 2.31. The SMILES string of the molecule is COc1ccc(F)c(F)c1C(=O)c1cnc(NC2CCC(S(=O)(=O)CCCN3CCOCC3)CC2)nc1N. The summed E-state index contributed by atoms with van der Waals surface area (Å²) in [7, 11) is -1.95. The molecule has 4 rings (SSSR count). The van der Waals surface area contributed by atoms with Crippen molar-refractivity contribution in [3.05, 3.63) is 41.1 Å². The molecule has 2 heterocycles. The Morgan fingerprint density at radius 3 is 2.58 bits per heavy atom. The van der Waals surface area contributed by atoms with Crippen molar-refractivity contribution in [1.29, 1.82) is 0 Å². The molecule has 0 spiro atoms. The summed E-state index contributed by atoms with van der Waals surface area (Å²) in [5.74, 6) is -3.42. The molecule has 2 fully saturated rings. The summed E-state index contributed by atoms with van der Waals surface area (Å²) in [6.07, 6.45) is 4.06. The summed E-state index contributed by atoms with van der Waals surface area (Å²) in [4.78, 5) is 23.4. The lowest BCUT2D eigenvalue weighted by Crippen LogP contribution is -2.38. The number of hydrogen-bond acceptors (Lipinski definition) is 10. The molecule has 208 valence electrons. The summed E-state index contributed by atoms with van der Waals surface area (Å²) in [5.41, 5.74) is 5.19. The zero-order valence-corrected chi connectivity index (χ0v) is 22.1. The van der Waals surface area contributed by atoms with Crippen LogP contribution in [-0.4, -0.2) is 86.1 Å². The second-order valence-electron chi connectivity index (χ2n) is 9.55. The first kappa shape index (κ1) is 28.1. The molecule has 1 saturated carbocycles. The van der Waals surface area contributed by atoms with E-state index < -0.39 is 32.8 Å². The van der Waals surface area contributed by atoms with Crippen LogP contribution in [0.4, 0.5) is 20.5 Å². The van der Waals surface area contributed by atoms with Gasteiger partial charge in [0.1, 0.15) is 17.1 Å². The monoisotopic (exact) mass is 553 g/mol. The predicted octanol–water partition coefficient (Wildman–Crippen LogP) is 2.44. The molecule has 38 heavy (non-hydrogen) atoms. The number of benzene rings is 1. The maximum absolute atomic E-state index is 14.4. The Hall–Kier alpha value is -2.90. The number of rotatable bonds is 10.